The lowest BCUT2D eigenvalue weighted by atomic mass is 10.1. The van der Waals surface area contributed by atoms with Crippen LogP contribution in [-0.4, -0.2) is 28.8 Å². The first-order chi connectivity index (χ1) is 13.3. The summed E-state index contributed by atoms with van der Waals surface area (Å²) in [4.78, 5) is 53.9. The molecule has 0 atom stereocenters. The van der Waals surface area contributed by atoms with Crippen molar-refractivity contribution in [3.63, 3.8) is 0 Å². The van der Waals surface area contributed by atoms with Crippen molar-refractivity contribution in [3.8, 4) is 0 Å². The lowest BCUT2D eigenvalue weighted by Gasteiger charge is -2.14. The molecule has 0 saturated carbocycles. The van der Waals surface area contributed by atoms with E-state index in [0.29, 0.717) is 22.7 Å². The zero-order chi connectivity index (χ0) is 20.4. The van der Waals surface area contributed by atoms with Crippen LogP contribution in [0.15, 0.2) is 42.5 Å². The van der Waals surface area contributed by atoms with Gasteiger partial charge >= 0.3 is 5.97 Å². The molecule has 7 nitrogen and oxygen atoms in total. The van der Waals surface area contributed by atoms with Crippen LogP contribution in [0.3, 0.4) is 0 Å². The van der Waals surface area contributed by atoms with Crippen molar-refractivity contribution in [2.24, 2.45) is 5.92 Å². The van der Waals surface area contributed by atoms with Crippen molar-refractivity contribution < 1.29 is 24.0 Å². The van der Waals surface area contributed by atoms with E-state index >= 15 is 0 Å². The Balaban J connectivity index is 1.72. The molecule has 0 fully saturated rings. The Morgan fingerprint density at radius 3 is 2.18 bits per heavy atom. The van der Waals surface area contributed by atoms with Crippen molar-refractivity contribution in [2.45, 2.75) is 27.2 Å². The van der Waals surface area contributed by atoms with Crippen molar-refractivity contribution in [1.29, 1.82) is 0 Å². The van der Waals surface area contributed by atoms with Gasteiger partial charge in [0.15, 0.2) is 0 Å². The number of anilines is 1. The summed E-state index contributed by atoms with van der Waals surface area (Å²) < 4.78 is 0. The molecule has 2 aromatic carbocycles. The van der Waals surface area contributed by atoms with Gasteiger partial charge in [0.05, 0.1) is 16.7 Å². The minimum absolute atomic E-state index is 0.112. The van der Waals surface area contributed by atoms with E-state index in [4.69, 9.17) is 4.84 Å². The van der Waals surface area contributed by atoms with Crippen LogP contribution in [0.5, 0.6) is 0 Å². The van der Waals surface area contributed by atoms with Crippen LogP contribution in [0.4, 0.5) is 5.69 Å². The van der Waals surface area contributed by atoms with Crippen LogP contribution in [0.2, 0.25) is 0 Å². The number of rotatable bonds is 5. The molecule has 144 valence electrons. The standard InChI is InChI=1S/C21H20N2O5/c1-12(2)10-18(24)22-17-9-8-14(11-13(17)3)21(27)28-23-19(25)15-6-4-5-7-16(15)20(23)26/h4-9,11-12H,10H2,1-3H3,(H,22,24). The van der Waals surface area contributed by atoms with E-state index in [2.05, 4.69) is 5.32 Å². The Morgan fingerprint density at radius 1 is 1.04 bits per heavy atom. The number of carbonyl (C=O) groups excluding carboxylic acids is 4. The zero-order valence-corrected chi connectivity index (χ0v) is 15.8. The second-order valence-electron chi connectivity index (χ2n) is 7.00. The van der Waals surface area contributed by atoms with Crippen LogP contribution in [-0.2, 0) is 9.63 Å². The van der Waals surface area contributed by atoms with Crippen molar-refractivity contribution in [1.82, 2.24) is 5.06 Å². The molecular formula is C21H20N2O5. The smallest absolute Gasteiger partial charge is 0.326 e. The highest BCUT2D eigenvalue weighted by molar-refractivity contribution is 6.21. The Kier molecular flexibility index (Phi) is 5.26. The predicted octanol–water partition coefficient (Wildman–Crippen LogP) is 3.35. The number of hydrogen-bond donors (Lipinski definition) is 1. The van der Waals surface area contributed by atoms with Gasteiger partial charge in [-0.3, -0.25) is 14.4 Å². The van der Waals surface area contributed by atoms with E-state index in [0.717, 1.165) is 0 Å². The Labute approximate surface area is 162 Å². The van der Waals surface area contributed by atoms with E-state index in [1.165, 1.54) is 24.3 Å². The number of hydroxylamine groups is 2. The summed E-state index contributed by atoms with van der Waals surface area (Å²) in [5.74, 6) is -2.07. The molecule has 0 unspecified atom stereocenters. The second-order valence-corrected chi connectivity index (χ2v) is 7.00. The van der Waals surface area contributed by atoms with Crippen LogP contribution >= 0.6 is 0 Å². The third kappa shape index (κ3) is 3.78. The Morgan fingerprint density at radius 2 is 1.64 bits per heavy atom. The van der Waals surface area contributed by atoms with Crippen LogP contribution in [0.25, 0.3) is 0 Å². The minimum Gasteiger partial charge on any atom is -0.326 e. The number of amides is 3. The molecule has 1 aliphatic heterocycles. The van der Waals surface area contributed by atoms with E-state index in [1.807, 2.05) is 13.8 Å². The normalized spacial score (nSPS) is 12.9. The number of aryl methyl sites for hydroxylation is 1. The minimum atomic E-state index is -0.835. The quantitative estimate of drug-likeness (QED) is 0.803. The second kappa shape index (κ2) is 7.64. The number of carbonyl (C=O) groups is 4. The molecule has 28 heavy (non-hydrogen) atoms. The molecule has 2 aromatic rings. The summed E-state index contributed by atoms with van der Waals surface area (Å²) in [7, 11) is 0. The summed E-state index contributed by atoms with van der Waals surface area (Å²) in [6.45, 7) is 5.64. The highest BCUT2D eigenvalue weighted by Crippen LogP contribution is 2.24. The summed E-state index contributed by atoms with van der Waals surface area (Å²) in [6.07, 6.45) is 0.392. The largest absolute Gasteiger partial charge is 0.363 e. The summed E-state index contributed by atoms with van der Waals surface area (Å²) in [5.41, 5.74) is 1.80. The van der Waals surface area contributed by atoms with Crippen LogP contribution < -0.4 is 5.32 Å². The van der Waals surface area contributed by atoms with Crippen LogP contribution in [0, 0.1) is 12.8 Å². The third-order valence-electron chi connectivity index (χ3n) is 4.26. The molecule has 0 spiro atoms. The number of benzene rings is 2. The molecule has 7 heteroatoms. The van der Waals surface area contributed by atoms with Crippen molar-refractivity contribution in [2.75, 3.05) is 5.32 Å². The van der Waals surface area contributed by atoms with Gasteiger partial charge in [-0.25, -0.2) is 4.79 Å². The Hall–Kier alpha value is -3.48. The molecule has 0 bridgehead atoms. The lowest BCUT2D eigenvalue weighted by Crippen LogP contribution is -2.32. The number of nitrogens with one attached hydrogen (secondary N) is 1. The fraction of sp³-hybridized carbons (Fsp3) is 0.238. The fourth-order valence-electron chi connectivity index (χ4n) is 2.89. The van der Waals surface area contributed by atoms with Gasteiger partial charge in [0.25, 0.3) is 11.8 Å². The molecular weight excluding hydrogens is 360 g/mol. The molecule has 3 rings (SSSR count). The molecule has 1 heterocycles. The molecule has 0 aliphatic carbocycles. The lowest BCUT2D eigenvalue weighted by molar-refractivity contribution is -0.116. The van der Waals surface area contributed by atoms with Gasteiger partial charge in [-0.2, -0.15) is 0 Å². The van der Waals surface area contributed by atoms with Crippen molar-refractivity contribution in [3.05, 3.63) is 64.7 Å². The average molecular weight is 380 g/mol. The molecule has 0 radical (unpaired) electrons. The van der Waals surface area contributed by atoms with E-state index in [-0.39, 0.29) is 28.5 Å². The van der Waals surface area contributed by atoms with Gasteiger partial charge in [0.1, 0.15) is 0 Å². The van der Waals surface area contributed by atoms with Crippen molar-refractivity contribution >= 4 is 29.4 Å². The number of fused-ring (bicyclic) bond motifs is 1. The number of hydrogen-bond acceptors (Lipinski definition) is 5. The fourth-order valence-corrected chi connectivity index (χ4v) is 2.89. The highest BCUT2D eigenvalue weighted by atomic mass is 16.7. The third-order valence-corrected chi connectivity index (χ3v) is 4.26. The average Bonchev–Trinajstić information content (AvgIpc) is 2.88. The van der Waals surface area contributed by atoms with Crippen LogP contribution in [0.1, 0.15) is 56.9 Å². The summed E-state index contributed by atoms with van der Waals surface area (Å²) in [6, 6.07) is 10.9. The first-order valence-corrected chi connectivity index (χ1v) is 8.88. The Bertz CT molecular complexity index is 946. The van der Waals surface area contributed by atoms with Gasteiger partial charge in [-0.1, -0.05) is 31.0 Å². The van der Waals surface area contributed by atoms with E-state index in [1.54, 1.807) is 25.1 Å². The summed E-state index contributed by atoms with van der Waals surface area (Å²) in [5, 5.41) is 3.27. The molecule has 1 N–H and O–H groups in total. The monoisotopic (exact) mass is 380 g/mol. The maximum Gasteiger partial charge on any atom is 0.363 e. The predicted molar refractivity (Wildman–Crippen MR) is 102 cm³/mol. The molecule has 1 aliphatic rings. The highest BCUT2D eigenvalue weighted by Gasteiger charge is 2.38. The summed E-state index contributed by atoms with van der Waals surface area (Å²) >= 11 is 0. The first-order valence-electron chi connectivity index (χ1n) is 8.88. The maximum absolute atomic E-state index is 12.4. The molecule has 3 amide bonds. The topological polar surface area (TPSA) is 92.8 Å². The van der Waals surface area contributed by atoms with Gasteiger partial charge in [0.2, 0.25) is 5.91 Å². The number of imide groups is 1. The zero-order valence-electron chi connectivity index (χ0n) is 15.8. The van der Waals surface area contributed by atoms with Gasteiger partial charge in [0, 0.05) is 12.1 Å². The SMILES string of the molecule is Cc1cc(C(=O)ON2C(=O)c3ccccc3C2=O)ccc1NC(=O)CC(C)C. The van der Waals surface area contributed by atoms with E-state index in [9.17, 15) is 19.2 Å². The molecule has 0 aromatic heterocycles. The van der Waals surface area contributed by atoms with Gasteiger partial charge in [-0.05, 0) is 48.7 Å². The van der Waals surface area contributed by atoms with Gasteiger partial charge in [-0.15, -0.1) is 0 Å². The van der Waals surface area contributed by atoms with Gasteiger partial charge < -0.3 is 10.2 Å². The first kappa shape index (κ1) is 19.3. The maximum atomic E-state index is 12.4. The molecule has 0 saturated heterocycles. The number of nitrogens with zero attached hydrogens (tertiary/aromatic N) is 1. The van der Waals surface area contributed by atoms with E-state index < -0.39 is 17.8 Å².